The van der Waals surface area contributed by atoms with Crippen LogP contribution in [0.1, 0.15) is 45.6 Å². The normalized spacial score (nSPS) is 28.2. The second kappa shape index (κ2) is 5.86. The van der Waals surface area contributed by atoms with E-state index < -0.39 is 11.2 Å². The molecule has 1 aromatic rings. The molecule has 2 atom stereocenters. The fraction of sp³-hybridized carbons (Fsp3) is 0.562. The lowest BCUT2D eigenvalue weighted by Gasteiger charge is -2.18. The lowest BCUT2D eigenvalue weighted by Crippen LogP contribution is -2.34. The molecule has 2 unspecified atom stereocenters. The van der Waals surface area contributed by atoms with Gasteiger partial charge in [0.05, 0.1) is 6.61 Å². The SMILES string of the molecule is CCCC1(C(=O)OCC)OC1(CC)c1cccc(Br)c1. The summed E-state index contributed by atoms with van der Waals surface area (Å²) in [6, 6.07) is 7.99. The van der Waals surface area contributed by atoms with Crippen LogP contribution in [0.15, 0.2) is 28.7 Å². The van der Waals surface area contributed by atoms with Crippen LogP contribution in [0.3, 0.4) is 0 Å². The van der Waals surface area contributed by atoms with Crippen LogP contribution in [-0.4, -0.2) is 18.2 Å². The first-order chi connectivity index (χ1) is 9.56. The maximum Gasteiger partial charge on any atom is 0.341 e. The molecule has 4 heteroatoms. The highest BCUT2D eigenvalue weighted by Gasteiger charge is 2.74. The summed E-state index contributed by atoms with van der Waals surface area (Å²) in [6.45, 7) is 6.32. The number of esters is 1. The zero-order valence-electron chi connectivity index (χ0n) is 12.2. The Morgan fingerprint density at radius 3 is 2.65 bits per heavy atom. The zero-order chi connectivity index (χ0) is 14.8. The van der Waals surface area contributed by atoms with Gasteiger partial charge < -0.3 is 9.47 Å². The Labute approximate surface area is 128 Å². The number of hydrogen-bond donors (Lipinski definition) is 0. The van der Waals surface area contributed by atoms with Gasteiger partial charge in [-0.15, -0.1) is 0 Å². The number of epoxide rings is 1. The van der Waals surface area contributed by atoms with Gasteiger partial charge in [0.15, 0.2) is 5.60 Å². The summed E-state index contributed by atoms with van der Waals surface area (Å²) in [5.74, 6) is -0.233. The maximum absolute atomic E-state index is 12.4. The third-order valence-electron chi connectivity index (χ3n) is 3.96. The molecule has 1 aromatic carbocycles. The minimum Gasteiger partial charge on any atom is -0.464 e. The first-order valence-corrected chi connectivity index (χ1v) is 7.99. The Balaban J connectivity index is 2.39. The predicted molar refractivity (Wildman–Crippen MR) is 81.5 cm³/mol. The van der Waals surface area contributed by atoms with Gasteiger partial charge in [0.1, 0.15) is 5.60 Å². The van der Waals surface area contributed by atoms with Crippen molar-refractivity contribution in [3.63, 3.8) is 0 Å². The Hall–Kier alpha value is -0.870. The smallest absolute Gasteiger partial charge is 0.341 e. The van der Waals surface area contributed by atoms with Crippen molar-refractivity contribution in [1.29, 1.82) is 0 Å². The molecule has 0 bridgehead atoms. The lowest BCUT2D eigenvalue weighted by molar-refractivity contribution is -0.149. The summed E-state index contributed by atoms with van der Waals surface area (Å²) in [4.78, 5) is 12.4. The topological polar surface area (TPSA) is 38.8 Å². The van der Waals surface area contributed by atoms with E-state index in [0.29, 0.717) is 13.0 Å². The van der Waals surface area contributed by atoms with Crippen LogP contribution < -0.4 is 0 Å². The summed E-state index contributed by atoms with van der Waals surface area (Å²) in [7, 11) is 0. The molecule has 1 fully saturated rings. The van der Waals surface area contributed by atoms with Crippen molar-refractivity contribution in [3.8, 4) is 0 Å². The van der Waals surface area contributed by atoms with E-state index in [1.807, 2.05) is 31.2 Å². The van der Waals surface area contributed by atoms with Crippen molar-refractivity contribution in [2.24, 2.45) is 0 Å². The third-order valence-corrected chi connectivity index (χ3v) is 4.45. The molecule has 1 aliphatic heterocycles. The number of benzene rings is 1. The Kier molecular flexibility index (Phi) is 4.55. The zero-order valence-corrected chi connectivity index (χ0v) is 13.8. The number of rotatable bonds is 6. The molecule has 0 saturated carbocycles. The van der Waals surface area contributed by atoms with Crippen LogP contribution in [0.2, 0.25) is 0 Å². The van der Waals surface area contributed by atoms with E-state index in [2.05, 4.69) is 29.8 Å². The summed E-state index contributed by atoms with van der Waals surface area (Å²) >= 11 is 3.48. The van der Waals surface area contributed by atoms with Gasteiger partial charge in [0, 0.05) is 4.47 Å². The van der Waals surface area contributed by atoms with Gasteiger partial charge in [-0.1, -0.05) is 48.3 Å². The van der Waals surface area contributed by atoms with E-state index in [4.69, 9.17) is 9.47 Å². The molecular formula is C16H21BrO3. The van der Waals surface area contributed by atoms with Gasteiger partial charge in [-0.3, -0.25) is 0 Å². The van der Waals surface area contributed by atoms with Crippen LogP contribution >= 0.6 is 15.9 Å². The monoisotopic (exact) mass is 340 g/mol. The van der Waals surface area contributed by atoms with Gasteiger partial charge in [-0.2, -0.15) is 0 Å². The molecule has 110 valence electrons. The number of ether oxygens (including phenoxy) is 2. The number of carbonyl (C=O) groups excluding carboxylic acids is 1. The highest BCUT2D eigenvalue weighted by molar-refractivity contribution is 9.10. The quantitative estimate of drug-likeness (QED) is 0.575. The van der Waals surface area contributed by atoms with Gasteiger partial charge in [0.25, 0.3) is 0 Å². The fourth-order valence-corrected chi connectivity index (χ4v) is 3.43. The molecule has 20 heavy (non-hydrogen) atoms. The van der Waals surface area contributed by atoms with Gasteiger partial charge in [-0.05, 0) is 37.5 Å². The first-order valence-electron chi connectivity index (χ1n) is 7.19. The molecule has 1 saturated heterocycles. The van der Waals surface area contributed by atoms with Crippen molar-refractivity contribution in [3.05, 3.63) is 34.3 Å². The van der Waals surface area contributed by atoms with Crippen LogP contribution in [0.4, 0.5) is 0 Å². The van der Waals surface area contributed by atoms with Crippen molar-refractivity contribution >= 4 is 21.9 Å². The summed E-state index contributed by atoms with van der Waals surface area (Å²) in [5, 5.41) is 0. The molecule has 0 amide bonds. The Morgan fingerprint density at radius 2 is 2.10 bits per heavy atom. The standard InChI is InChI=1S/C16H21BrO3/c1-4-10-16(14(18)19-6-3)15(5-2,20-16)12-8-7-9-13(17)11-12/h7-9,11H,4-6,10H2,1-3H3. The highest BCUT2D eigenvalue weighted by atomic mass is 79.9. The second-order valence-corrected chi connectivity index (χ2v) is 6.01. The first kappa shape index (κ1) is 15.5. The minimum atomic E-state index is -0.812. The number of hydrogen-bond acceptors (Lipinski definition) is 3. The summed E-state index contributed by atoms with van der Waals surface area (Å²) in [6.07, 6.45) is 2.32. The second-order valence-electron chi connectivity index (χ2n) is 5.09. The van der Waals surface area contributed by atoms with Crippen LogP contribution in [-0.2, 0) is 19.9 Å². The summed E-state index contributed by atoms with van der Waals surface area (Å²) in [5.41, 5.74) is -0.317. The van der Waals surface area contributed by atoms with E-state index in [1.165, 1.54) is 0 Å². The third kappa shape index (κ3) is 2.29. The molecule has 0 spiro atoms. The minimum absolute atomic E-state index is 0.233. The van der Waals surface area contributed by atoms with Gasteiger partial charge >= 0.3 is 5.97 Å². The molecule has 3 nitrogen and oxygen atoms in total. The van der Waals surface area contributed by atoms with E-state index in [1.54, 1.807) is 0 Å². The molecule has 0 aliphatic carbocycles. The molecular weight excluding hydrogens is 320 g/mol. The van der Waals surface area contributed by atoms with Crippen LogP contribution in [0.25, 0.3) is 0 Å². The maximum atomic E-state index is 12.4. The van der Waals surface area contributed by atoms with Gasteiger partial charge in [-0.25, -0.2) is 4.79 Å². The highest BCUT2D eigenvalue weighted by Crippen LogP contribution is 2.61. The molecule has 2 rings (SSSR count). The van der Waals surface area contributed by atoms with Crippen molar-refractivity contribution < 1.29 is 14.3 Å². The van der Waals surface area contributed by atoms with E-state index >= 15 is 0 Å². The lowest BCUT2D eigenvalue weighted by atomic mass is 9.81. The fourth-order valence-electron chi connectivity index (χ4n) is 3.03. The molecule has 1 aliphatic rings. The average molecular weight is 341 g/mol. The van der Waals surface area contributed by atoms with Crippen molar-refractivity contribution in [1.82, 2.24) is 0 Å². The summed E-state index contributed by atoms with van der Waals surface area (Å²) < 4.78 is 12.3. The van der Waals surface area contributed by atoms with Crippen LogP contribution in [0, 0.1) is 0 Å². The Bertz CT molecular complexity index is 502. The van der Waals surface area contributed by atoms with Crippen LogP contribution in [0.5, 0.6) is 0 Å². The van der Waals surface area contributed by atoms with Crippen molar-refractivity contribution in [2.75, 3.05) is 6.61 Å². The van der Waals surface area contributed by atoms with E-state index in [9.17, 15) is 4.79 Å². The number of halogens is 1. The predicted octanol–water partition coefficient (Wildman–Crippen LogP) is 4.19. The van der Waals surface area contributed by atoms with Gasteiger partial charge in [0.2, 0.25) is 0 Å². The van der Waals surface area contributed by atoms with E-state index in [-0.39, 0.29) is 5.97 Å². The van der Waals surface area contributed by atoms with Crippen molar-refractivity contribution in [2.45, 2.75) is 51.2 Å². The largest absolute Gasteiger partial charge is 0.464 e. The number of carbonyl (C=O) groups is 1. The molecule has 1 heterocycles. The molecule has 0 aromatic heterocycles. The average Bonchev–Trinajstić information content (AvgIpc) is 3.10. The van der Waals surface area contributed by atoms with E-state index in [0.717, 1.165) is 22.9 Å². The molecule has 0 N–H and O–H groups in total. The molecule has 0 radical (unpaired) electrons. The Morgan fingerprint density at radius 1 is 1.35 bits per heavy atom.